The van der Waals surface area contributed by atoms with Gasteiger partial charge in [-0.15, -0.1) is 0 Å². The van der Waals surface area contributed by atoms with E-state index >= 15 is 0 Å². The second kappa shape index (κ2) is 12.3. The van der Waals surface area contributed by atoms with E-state index in [1.165, 1.54) is 9.21 Å². The molecule has 7 nitrogen and oxygen atoms in total. The van der Waals surface area contributed by atoms with E-state index in [1.807, 2.05) is 6.92 Å². The first-order chi connectivity index (χ1) is 15.5. The molecule has 0 aliphatic heterocycles. The van der Waals surface area contributed by atoms with Gasteiger partial charge in [0.05, 0.1) is 11.9 Å². The second-order valence-corrected chi connectivity index (χ2v) is 10.4. The number of nitrogens with one attached hydrogen (secondary N) is 1. The summed E-state index contributed by atoms with van der Waals surface area (Å²) in [6, 6.07) is 12.9. The lowest BCUT2D eigenvalue weighted by molar-refractivity contribution is -0.140. The van der Waals surface area contributed by atoms with Gasteiger partial charge in [0.1, 0.15) is 6.04 Å². The zero-order chi connectivity index (χ0) is 24.6. The smallest absolute Gasteiger partial charge is 0.242 e. The molecule has 1 unspecified atom stereocenters. The van der Waals surface area contributed by atoms with E-state index in [2.05, 4.69) is 5.32 Å². The first kappa shape index (κ1) is 27.0. The van der Waals surface area contributed by atoms with E-state index in [0.29, 0.717) is 22.3 Å². The van der Waals surface area contributed by atoms with Crippen molar-refractivity contribution >= 4 is 50.7 Å². The lowest BCUT2D eigenvalue weighted by Gasteiger charge is -2.29. The Kier molecular flexibility index (Phi) is 10.0. The summed E-state index contributed by atoms with van der Waals surface area (Å²) in [5.74, 6) is -0.500. The molecule has 0 aliphatic carbocycles. The third kappa shape index (κ3) is 8.21. The number of rotatable bonds is 11. The number of likely N-dealkylation sites (N-methyl/N-ethyl adjacent to an activating group) is 1. The van der Waals surface area contributed by atoms with Crippen molar-refractivity contribution in [1.29, 1.82) is 0 Å². The number of nitrogens with zero attached hydrogens (tertiary/aromatic N) is 2. The number of carbonyl (C=O) groups is 2. The second-order valence-electron chi connectivity index (χ2n) is 7.64. The van der Waals surface area contributed by atoms with Crippen LogP contribution in [0.4, 0.5) is 5.69 Å². The molecule has 0 saturated carbocycles. The summed E-state index contributed by atoms with van der Waals surface area (Å²) in [7, 11) is -3.57. The van der Waals surface area contributed by atoms with Crippen molar-refractivity contribution in [2.45, 2.75) is 39.3 Å². The molecule has 0 spiro atoms. The number of hydrogen-bond donors (Lipinski definition) is 1. The quantitative estimate of drug-likeness (QED) is 0.490. The van der Waals surface area contributed by atoms with Crippen molar-refractivity contribution < 1.29 is 18.0 Å². The van der Waals surface area contributed by atoms with Crippen LogP contribution in [0.5, 0.6) is 0 Å². The minimum atomic E-state index is -3.57. The van der Waals surface area contributed by atoms with Crippen LogP contribution in [0, 0.1) is 0 Å². The maximum atomic E-state index is 13.1. The van der Waals surface area contributed by atoms with Crippen molar-refractivity contribution in [2.75, 3.05) is 23.7 Å². The molecule has 0 saturated heterocycles. The van der Waals surface area contributed by atoms with E-state index in [1.54, 1.807) is 55.5 Å². The SMILES string of the molecule is CCNC(=O)C(C)N(Cc1ccc(Cl)cc1)C(=O)CCCN(c1cccc(Cl)c1)S(C)(=O)=O. The predicted molar refractivity (Wildman–Crippen MR) is 133 cm³/mol. The highest BCUT2D eigenvalue weighted by atomic mass is 35.5. The first-order valence-corrected chi connectivity index (χ1v) is 13.2. The van der Waals surface area contributed by atoms with E-state index in [0.717, 1.165) is 11.8 Å². The number of anilines is 1. The van der Waals surface area contributed by atoms with Crippen LogP contribution in [-0.4, -0.2) is 50.5 Å². The number of benzene rings is 2. The number of hydrogen-bond acceptors (Lipinski definition) is 4. The van der Waals surface area contributed by atoms with Crippen LogP contribution in [-0.2, 0) is 26.2 Å². The minimum absolute atomic E-state index is 0.0733. The molecule has 2 amide bonds. The van der Waals surface area contributed by atoms with Crippen LogP contribution >= 0.6 is 23.2 Å². The molecule has 1 atom stereocenters. The zero-order valence-corrected chi connectivity index (χ0v) is 21.3. The Labute approximate surface area is 205 Å². The summed E-state index contributed by atoms with van der Waals surface area (Å²) in [6.07, 6.45) is 1.46. The fraction of sp³-hybridized carbons (Fsp3) is 0.391. The van der Waals surface area contributed by atoms with Gasteiger partial charge in [-0.05, 0) is 56.2 Å². The predicted octanol–water partition coefficient (Wildman–Crippen LogP) is 4.09. The van der Waals surface area contributed by atoms with Gasteiger partial charge >= 0.3 is 0 Å². The minimum Gasteiger partial charge on any atom is -0.355 e. The van der Waals surface area contributed by atoms with Crippen LogP contribution in [0.1, 0.15) is 32.3 Å². The van der Waals surface area contributed by atoms with Crippen LogP contribution < -0.4 is 9.62 Å². The Bertz CT molecular complexity index is 1060. The summed E-state index contributed by atoms with van der Waals surface area (Å²) < 4.78 is 25.9. The third-order valence-corrected chi connectivity index (χ3v) is 6.71. The van der Waals surface area contributed by atoms with Gasteiger partial charge in [-0.1, -0.05) is 41.4 Å². The number of carbonyl (C=O) groups excluding carboxylic acids is 2. The van der Waals surface area contributed by atoms with Crippen molar-refractivity contribution in [3.63, 3.8) is 0 Å². The van der Waals surface area contributed by atoms with Crippen molar-refractivity contribution in [2.24, 2.45) is 0 Å². The van der Waals surface area contributed by atoms with Crippen molar-refractivity contribution in [1.82, 2.24) is 10.2 Å². The van der Waals surface area contributed by atoms with Gasteiger partial charge in [0.25, 0.3) is 0 Å². The molecule has 1 N–H and O–H groups in total. The molecule has 0 fully saturated rings. The summed E-state index contributed by atoms with van der Waals surface area (Å²) in [5, 5.41) is 3.74. The standard InChI is InChI=1S/C23H29Cl2N3O4S/c1-4-26-23(30)17(2)27(16-18-10-12-19(24)13-11-18)22(29)9-6-14-28(33(3,31)32)21-8-5-7-20(25)15-21/h5,7-8,10-13,15,17H,4,6,9,14,16H2,1-3H3,(H,26,30). The third-order valence-electron chi connectivity index (χ3n) is 5.03. The van der Waals surface area contributed by atoms with Crippen molar-refractivity contribution in [3.8, 4) is 0 Å². The highest BCUT2D eigenvalue weighted by molar-refractivity contribution is 7.92. The Balaban J connectivity index is 2.14. The molecule has 180 valence electrons. The molecule has 33 heavy (non-hydrogen) atoms. The molecule has 10 heteroatoms. The lowest BCUT2D eigenvalue weighted by Crippen LogP contribution is -2.47. The van der Waals surface area contributed by atoms with Crippen LogP contribution in [0.3, 0.4) is 0 Å². The van der Waals surface area contributed by atoms with E-state index in [-0.39, 0.29) is 37.7 Å². The average molecular weight is 514 g/mol. The maximum Gasteiger partial charge on any atom is 0.242 e. The highest BCUT2D eigenvalue weighted by Crippen LogP contribution is 2.22. The number of amides is 2. The van der Waals surface area contributed by atoms with E-state index < -0.39 is 16.1 Å². The van der Waals surface area contributed by atoms with Gasteiger partial charge in [-0.3, -0.25) is 13.9 Å². The van der Waals surface area contributed by atoms with Gasteiger partial charge in [-0.25, -0.2) is 8.42 Å². The largest absolute Gasteiger partial charge is 0.355 e. The van der Waals surface area contributed by atoms with Gasteiger partial charge in [0.2, 0.25) is 21.8 Å². The number of halogens is 2. The van der Waals surface area contributed by atoms with Gasteiger partial charge in [-0.2, -0.15) is 0 Å². The molecule has 0 aromatic heterocycles. The Hall–Kier alpha value is -2.29. The molecule has 2 aromatic carbocycles. The normalized spacial score (nSPS) is 12.2. The zero-order valence-electron chi connectivity index (χ0n) is 18.9. The first-order valence-electron chi connectivity index (χ1n) is 10.6. The Morgan fingerprint density at radius 1 is 1.06 bits per heavy atom. The van der Waals surface area contributed by atoms with Crippen molar-refractivity contribution in [3.05, 3.63) is 64.1 Å². The summed E-state index contributed by atoms with van der Waals surface area (Å²) in [4.78, 5) is 27.1. The Morgan fingerprint density at radius 2 is 1.73 bits per heavy atom. The topological polar surface area (TPSA) is 86.8 Å². The molecule has 0 aliphatic rings. The summed E-state index contributed by atoms with van der Waals surface area (Å²) >= 11 is 12.0. The van der Waals surface area contributed by atoms with Gasteiger partial charge in [0, 0.05) is 36.1 Å². The van der Waals surface area contributed by atoms with Gasteiger partial charge < -0.3 is 10.2 Å². The molecule has 2 aromatic rings. The molecular formula is C23H29Cl2N3O4S. The average Bonchev–Trinajstić information content (AvgIpc) is 2.75. The fourth-order valence-corrected chi connectivity index (χ4v) is 4.59. The van der Waals surface area contributed by atoms with Crippen LogP contribution in [0.2, 0.25) is 10.0 Å². The van der Waals surface area contributed by atoms with Gasteiger partial charge in [0.15, 0.2) is 0 Å². The van der Waals surface area contributed by atoms with Crippen LogP contribution in [0.15, 0.2) is 48.5 Å². The highest BCUT2D eigenvalue weighted by Gasteiger charge is 2.26. The Morgan fingerprint density at radius 3 is 2.30 bits per heavy atom. The number of sulfonamides is 1. The van der Waals surface area contributed by atoms with E-state index in [4.69, 9.17) is 23.2 Å². The fourth-order valence-electron chi connectivity index (χ4n) is 3.33. The van der Waals surface area contributed by atoms with E-state index in [9.17, 15) is 18.0 Å². The summed E-state index contributed by atoms with van der Waals surface area (Å²) in [6.45, 7) is 4.28. The molecular weight excluding hydrogens is 485 g/mol. The lowest BCUT2D eigenvalue weighted by atomic mass is 10.1. The summed E-state index contributed by atoms with van der Waals surface area (Å²) in [5.41, 5.74) is 1.27. The molecule has 0 radical (unpaired) electrons. The molecule has 0 heterocycles. The monoisotopic (exact) mass is 513 g/mol. The van der Waals surface area contributed by atoms with Crippen LogP contribution in [0.25, 0.3) is 0 Å². The molecule has 0 bridgehead atoms. The maximum absolute atomic E-state index is 13.1. The molecule has 2 rings (SSSR count).